The zero-order valence-corrected chi connectivity index (χ0v) is 12.1. The fraction of sp³-hybridized carbons (Fsp3) is 0.412. The first-order valence-corrected chi connectivity index (χ1v) is 7.48. The van der Waals surface area contributed by atoms with Crippen molar-refractivity contribution in [3.8, 4) is 0 Å². The molecule has 1 aromatic rings. The number of carbonyl (C=O) groups excluding carboxylic acids is 2. The van der Waals surface area contributed by atoms with Crippen LogP contribution in [0.4, 0.5) is 4.39 Å². The molecule has 0 unspecified atom stereocenters. The van der Waals surface area contributed by atoms with Crippen LogP contribution in [0.25, 0.3) is 0 Å². The fourth-order valence-electron chi connectivity index (χ4n) is 3.15. The van der Waals surface area contributed by atoms with Crippen molar-refractivity contribution in [2.24, 2.45) is 17.8 Å². The van der Waals surface area contributed by atoms with Crippen molar-refractivity contribution < 1.29 is 18.7 Å². The largest absolute Gasteiger partial charge is 0.455 e. The molecule has 0 heterocycles. The van der Waals surface area contributed by atoms with Crippen LogP contribution in [-0.4, -0.2) is 18.5 Å². The zero-order chi connectivity index (χ0) is 15.5. The lowest BCUT2D eigenvalue weighted by molar-refractivity contribution is -0.153. The Labute approximate surface area is 128 Å². The highest BCUT2D eigenvalue weighted by Gasteiger charge is 2.40. The van der Waals surface area contributed by atoms with E-state index in [1.54, 1.807) is 12.1 Å². The van der Waals surface area contributed by atoms with Crippen molar-refractivity contribution in [3.05, 3.63) is 47.8 Å². The molecule has 4 nitrogen and oxygen atoms in total. The van der Waals surface area contributed by atoms with Gasteiger partial charge in [-0.2, -0.15) is 0 Å². The van der Waals surface area contributed by atoms with Crippen LogP contribution in [0.5, 0.6) is 0 Å². The molecule has 3 rings (SSSR count). The van der Waals surface area contributed by atoms with E-state index in [1.807, 2.05) is 0 Å². The molecule has 2 bridgehead atoms. The molecule has 1 N–H and O–H groups in total. The van der Waals surface area contributed by atoms with Gasteiger partial charge >= 0.3 is 5.97 Å². The van der Waals surface area contributed by atoms with Crippen LogP contribution in [0.3, 0.4) is 0 Å². The third-order valence-electron chi connectivity index (χ3n) is 4.33. The van der Waals surface area contributed by atoms with E-state index in [2.05, 4.69) is 17.5 Å². The first-order chi connectivity index (χ1) is 10.6. The van der Waals surface area contributed by atoms with E-state index in [0.717, 1.165) is 18.4 Å². The van der Waals surface area contributed by atoms with E-state index in [-0.39, 0.29) is 42.7 Å². The van der Waals surface area contributed by atoms with Crippen molar-refractivity contribution >= 4 is 11.9 Å². The predicted octanol–water partition coefficient (Wildman–Crippen LogP) is 2.20. The summed E-state index contributed by atoms with van der Waals surface area (Å²) in [4.78, 5) is 23.7. The Morgan fingerprint density at radius 1 is 1.18 bits per heavy atom. The first-order valence-electron chi connectivity index (χ1n) is 7.48. The van der Waals surface area contributed by atoms with Gasteiger partial charge < -0.3 is 10.1 Å². The number of allylic oxidation sites excluding steroid dienone is 2. The fourth-order valence-corrected chi connectivity index (χ4v) is 3.15. The molecule has 116 valence electrons. The summed E-state index contributed by atoms with van der Waals surface area (Å²) < 4.78 is 17.9. The van der Waals surface area contributed by atoms with E-state index < -0.39 is 0 Å². The summed E-state index contributed by atoms with van der Waals surface area (Å²) in [6.07, 6.45) is 6.09. The average Bonchev–Trinajstić information content (AvgIpc) is 3.15. The van der Waals surface area contributed by atoms with Crippen molar-refractivity contribution in [1.82, 2.24) is 5.32 Å². The minimum absolute atomic E-state index is 0.0973. The van der Waals surface area contributed by atoms with E-state index in [4.69, 9.17) is 4.74 Å². The number of hydrogen-bond acceptors (Lipinski definition) is 3. The molecule has 0 spiro atoms. The van der Waals surface area contributed by atoms with Crippen LogP contribution < -0.4 is 5.32 Å². The Morgan fingerprint density at radius 3 is 2.59 bits per heavy atom. The number of carbonyl (C=O) groups is 2. The second kappa shape index (κ2) is 6.30. The Morgan fingerprint density at radius 2 is 1.95 bits per heavy atom. The van der Waals surface area contributed by atoms with Gasteiger partial charge in [-0.15, -0.1) is 0 Å². The van der Waals surface area contributed by atoms with Gasteiger partial charge in [-0.3, -0.25) is 9.59 Å². The third-order valence-corrected chi connectivity index (χ3v) is 4.33. The van der Waals surface area contributed by atoms with Gasteiger partial charge in [0.1, 0.15) is 5.82 Å². The lowest BCUT2D eigenvalue weighted by Gasteiger charge is -2.16. The van der Waals surface area contributed by atoms with Crippen LogP contribution >= 0.6 is 0 Å². The molecule has 0 saturated heterocycles. The second-order valence-corrected chi connectivity index (χ2v) is 5.90. The Balaban J connectivity index is 1.40. The average molecular weight is 303 g/mol. The third kappa shape index (κ3) is 3.35. The summed E-state index contributed by atoms with van der Waals surface area (Å²) >= 11 is 0. The molecule has 5 heteroatoms. The smallest absolute Gasteiger partial charge is 0.310 e. The lowest BCUT2D eigenvalue weighted by atomic mass is 9.94. The molecule has 1 fully saturated rings. The molecular formula is C17H18FNO3. The Kier molecular flexibility index (Phi) is 4.22. The number of amides is 1. The molecule has 2 aliphatic rings. The standard InChI is InChI=1S/C17H18FNO3/c18-14-5-2-11(3-6-14)9-19-16(20)10-22-17(21)15-8-12-1-4-13(15)7-12/h1-6,12-13,15H,7-10H2,(H,19,20)/t12-,13+,15+/m1/s1. The van der Waals surface area contributed by atoms with E-state index in [0.29, 0.717) is 5.92 Å². The molecule has 2 aliphatic carbocycles. The van der Waals surface area contributed by atoms with Crippen LogP contribution in [0.1, 0.15) is 18.4 Å². The lowest BCUT2D eigenvalue weighted by Crippen LogP contribution is -2.30. The van der Waals surface area contributed by atoms with Crippen molar-refractivity contribution in [2.45, 2.75) is 19.4 Å². The number of esters is 1. The highest BCUT2D eigenvalue weighted by Crippen LogP contribution is 2.43. The molecule has 0 aromatic heterocycles. The highest BCUT2D eigenvalue weighted by atomic mass is 19.1. The van der Waals surface area contributed by atoms with E-state index in [9.17, 15) is 14.0 Å². The van der Waals surface area contributed by atoms with Crippen LogP contribution in [0, 0.1) is 23.6 Å². The van der Waals surface area contributed by atoms with Gasteiger partial charge in [0.25, 0.3) is 5.91 Å². The second-order valence-electron chi connectivity index (χ2n) is 5.90. The maximum Gasteiger partial charge on any atom is 0.310 e. The minimum atomic E-state index is -0.351. The SMILES string of the molecule is O=C(COC(=O)[C@H]1C[C@@H]2C=C[C@H]1C2)NCc1ccc(F)cc1. The number of benzene rings is 1. The van der Waals surface area contributed by atoms with Gasteiger partial charge in [-0.25, -0.2) is 4.39 Å². The van der Waals surface area contributed by atoms with Crippen molar-refractivity contribution in [1.29, 1.82) is 0 Å². The van der Waals surface area contributed by atoms with Crippen LogP contribution in [0.2, 0.25) is 0 Å². The summed E-state index contributed by atoms with van der Waals surface area (Å²) in [5, 5.41) is 2.65. The molecule has 22 heavy (non-hydrogen) atoms. The van der Waals surface area contributed by atoms with Crippen LogP contribution in [-0.2, 0) is 20.9 Å². The molecule has 1 saturated carbocycles. The maximum absolute atomic E-state index is 12.8. The zero-order valence-electron chi connectivity index (χ0n) is 12.1. The minimum Gasteiger partial charge on any atom is -0.455 e. The highest BCUT2D eigenvalue weighted by molar-refractivity contribution is 5.81. The molecule has 3 atom stereocenters. The van der Waals surface area contributed by atoms with Crippen LogP contribution in [0.15, 0.2) is 36.4 Å². The van der Waals surface area contributed by atoms with Crippen molar-refractivity contribution in [3.63, 3.8) is 0 Å². The molecule has 1 amide bonds. The molecular weight excluding hydrogens is 285 g/mol. The number of halogens is 1. The van der Waals surface area contributed by atoms with Gasteiger partial charge in [0.15, 0.2) is 6.61 Å². The van der Waals surface area contributed by atoms with Crippen molar-refractivity contribution in [2.75, 3.05) is 6.61 Å². The first kappa shape index (κ1) is 14.8. The molecule has 0 aliphatic heterocycles. The summed E-state index contributed by atoms with van der Waals surface area (Å²) in [7, 11) is 0. The monoisotopic (exact) mass is 303 g/mol. The van der Waals surface area contributed by atoms with Gasteiger partial charge in [0, 0.05) is 6.54 Å². The molecule has 0 radical (unpaired) electrons. The van der Waals surface area contributed by atoms with E-state index in [1.165, 1.54) is 12.1 Å². The normalized spacial score (nSPS) is 25.2. The quantitative estimate of drug-likeness (QED) is 0.670. The number of rotatable bonds is 5. The van der Waals surface area contributed by atoms with Gasteiger partial charge in [0.05, 0.1) is 5.92 Å². The number of fused-ring (bicyclic) bond motifs is 2. The summed E-state index contributed by atoms with van der Waals surface area (Å²) in [5.41, 5.74) is 0.791. The maximum atomic E-state index is 12.8. The number of nitrogens with one attached hydrogen (secondary N) is 1. The predicted molar refractivity (Wildman–Crippen MR) is 78.0 cm³/mol. The summed E-state index contributed by atoms with van der Waals surface area (Å²) in [5.74, 6) is -0.274. The van der Waals surface area contributed by atoms with Gasteiger partial charge in [-0.1, -0.05) is 24.3 Å². The Bertz CT molecular complexity index is 596. The van der Waals surface area contributed by atoms with Gasteiger partial charge in [-0.05, 0) is 42.4 Å². The molecule has 1 aromatic carbocycles. The topological polar surface area (TPSA) is 55.4 Å². The van der Waals surface area contributed by atoms with Gasteiger partial charge in [0.2, 0.25) is 0 Å². The van der Waals surface area contributed by atoms with E-state index >= 15 is 0 Å². The Hall–Kier alpha value is -2.17. The summed E-state index contributed by atoms with van der Waals surface area (Å²) in [6, 6.07) is 5.88. The number of ether oxygens (including phenoxy) is 1. The number of hydrogen-bond donors (Lipinski definition) is 1. The summed E-state index contributed by atoms with van der Waals surface area (Å²) in [6.45, 7) is 0.0190.